The Bertz CT molecular complexity index is 401. The molecule has 1 rings (SSSR count). The molecule has 0 spiro atoms. The molecule has 0 aromatic heterocycles. The fourth-order valence-corrected chi connectivity index (χ4v) is 1.72. The summed E-state index contributed by atoms with van der Waals surface area (Å²) in [5.74, 6) is -1.02. The highest BCUT2D eigenvalue weighted by Gasteiger charge is 2.23. The smallest absolute Gasteiger partial charge is 0.312 e. The molecule has 0 radical (unpaired) electrons. The molecule has 3 N–H and O–H groups in total. The van der Waals surface area contributed by atoms with E-state index in [-0.39, 0.29) is 6.54 Å². The normalized spacial score (nSPS) is 12.2. The third-order valence-electron chi connectivity index (χ3n) is 2.82. The van der Waals surface area contributed by atoms with Crippen molar-refractivity contribution in [1.29, 1.82) is 0 Å². The second-order valence-corrected chi connectivity index (χ2v) is 3.76. The minimum absolute atomic E-state index is 0.0637. The predicted octanol–water partition coefficient (Wildman–Crippen LogP) is 1.44. The maximum atomic E-state index is 11.1. The Hall–Kier alpha value is -1.55. The van der Waals surface area contributed by atoms with Gasteiger partial charge < -0.3 is 15.6 Å². The van der Waals surface area contributed by atoms with Crippen molar-refractivity contribution in [2.45, 2.75) is 19.8 Å². The number of carboxylic acids is 1. The summed E-state index contributed by atoms with van der Waals surface area (Å²) in [6.07, 6.45) is 0. The number of aliphatic carboxylic acids is 1. The average Bonchev–Trinajstić information content (AvgIpc) is 2.24. The zero-order valence-electron chi connectivity index (χ0n) is 9.78. The van der Waals surface area contributed by atoms with E-state index in [1.54, 1.807) is 13.2 Å². The number of rotatable bonds is 4. The van der Waals surface area contributed by atoms with E-state index in [1.807, 2.05) is 19.9 Å². The van der Waals surface area contributed by atoms with Crippen LogP contribution in [0.5, 0.6) is 5.75 Å². The van der Waals surface area contributed by atoms with Crippen molar-refractivity contribution < 1.29 is 14.6 Å². The lowest BCUT2D eigenvalue weighted by Gasteiger charge is -2.17. The molecule has 1 unspecified atom stereocenters. The van der Waals surface area contributed by atoms with E-state index in [0.717, 1.165) is 11.1 Å². The van der Waals surface area contributed by atoms with Crippen LogP contribution >= 0.6 is 0 Å². The summed E-state index contributed by atoms with van der Waals surface area (Å²) in [5.41, 5.74) is 8.15. The molecule has 0 saturated carbocycles. The molecular weight excluding hydrogens is 206 g/mol. The lowest BCUT2D eigenvalue weighted by Crippen LogP contribution is -2.22. The molecule has 0 bridgehead atoms. The van der Waals surface area contributed by atoms with Gasteiger partial charge in [-0.25, -0.2) is 0 Å². The third kappa shape index (κ3) is 2.17. The van der Waals surface area contributed by atoms with E-state index >= 15 is 0 Å². The van der Waals surface area contributed by atoms with Crippen molar-refractivity contribution >= 4 is 5.97 Å². The highest BCUT2D eigenvalue weighted by molar-refractivity contribution is 5.78. The minimum Gasteiger partial charge on any atom is -0.496 e. The lowest BCUT2D eigenvalue weighted by molar-refractivity contribution is -0.138. The SMILES string of the molecule is COc1c(C(CN)C(=O)O)ccc(C)c1C. The third-order valence-corrected chi connectivity index (χ3v) is 2.82. The molecule has 0 aliphatic carbocycles. The fraction of sp³-hybridized carbons (Fsp3) is 0.417. The van der Waals surface area contributed by atoms with Crippen LogP contribution in [0, 0.1) is 13.8 Å². The summed E-state index contributed by atoms with van der Waals surface area (Å²) >= 11 is 0. The molecule has 0 heterocycles. The Morgan fingerprint density at radius 3 is 2.56 bits per heavy atom. The van der Waals surface area contributed by atoms with E-state index in [9.17, 15) is 4.79 Å². The molecule has 0 aliphatic heterocycles. The molecule has 0 fully saturated rings. The van der Waals surface area contributed by atoms with Gasteiger partial charge in [0, 0.05) is 12.1 Å². The molecule has 88 valence electrons. The van der Waals surface area contributed by atoms with Crippen molar-refractivity contribution in [2.24, 2.45) is 5.73 Å². The lowest BCUT2D eigenvalue weighted by atomic mass is 9.94. The monoisotopic (exact) mass is 223 g/mol. The highest BCUT2D eigenvalue weighted by Crippen LogP contribution is 2.31. The van der Waals surface area contributed by atoms with Crippen LogP contribution in [0.3, 0.4) is 0 Å². The summed E-state index contributed by atoms with van der Waals surface area (Å²) in [5, 5.41) is 9.07. The van der Waals surface area contributed by atoms with Gasteiger partial charge in [0.05, 0.1) is 13.0 Å². The second-order valence-electron chi connectivity index (χ2n) is 3.76. The standard InChI is InChI=1S/C12H17NO3/c1-7-4-5-9(10(6-13)12(14)15)11(16-3)8(7)2/h4-5,10H,6,13H2,1-3H3,(H,14,15). The Balaban J connectivity index is 3.32. The van der Waals surface area contributed by atoms with E-state index < -0.39 is 11.9 Å². The number of carbonyl (C=O) groups is 1. The van der Waals surface area contributed by atoms with E-state index in [0.29, 0.717) is 11.3 Å². The maximum Gasteiger partial charge on any atom is 0.312 e. The zero-order valence-corrected chi connectivity index (χ0v) is 9.78. The first-order chi connectivity index (χ1) is 7.52. The van der Waals surface area contributed by atoms with Crippen LogP contribution in [-0.2, 0) is 4.79 Å². The van der Waals surface area contributed by atoms with Gasteiger partial charge in [-0.2, -0.15) is 0 Å². The van der Waals surface area contributed by atoms with Gasteiger partial charge in [0.2, 0.25) is 0 Å². The molecule has 16 heavy (non-hydrogen) atoms. The van der Waals surface area contributed by atoms with Crippen LogP contribution in [0.2, 0.25) is 0 Å². The fourth-order valence-electron chi connectivity index (χ4n) is 1.72. The quantitative estimate of drug-likeness (QED) is 0.810. The first-order valence-corrected chi connectivity index (χ1v) is 5.09. The van der Waals surface area contributed by atoms with E-state index in [4.69, 9.17) is 15.6 Å². The number of nitrogens with two attached hydrogens (primary N) is 1. The van der Waals surface area contributed by atoms with E-state index in [2.05, 4.69) is 0 Å². The molecule has 1 aromatic rings. The Labute approximate surface area is 95.0 Å². The molecule has 1 aromatic carbocycles. The predicted molar refractivity (Wildman–Crippen MR) is 61.9 cm³/mol. The number of hydrogen-bond donors (Lipinski definition) is 2. The van der Waals surface area contributed by atoms with Crippen molar-refractivity contribution in [2.75, 3.05) is 13.7 Å². The molecule has 0 aliphatic rings. The number of benzene rings is 1. The zero-order chi connectivity index (χ0) is 12.3. The van der Waals surface area contributed by atoms with Gasteiger partial charge >= 0.3 is 5.97 Å². The second kappa shape index (κ2) is 4.99. The first-order valence-electron chi connectivity index (χ1n) is 5.09. The maximum absolute atomic E-state index is 11.1. The van der Waals surface area contributed by atoms with Crippen LogP contribution in [0.15, 0.2) is 12.1 Å². The topological polar surface area (TPSA) is 72.5 Å². The summed E-state index contributed by atoms with van der Waals surface area (Å²) in [6.45, 7) is 3.93. The Morgan fingerprint density at radius 2 is 2.12 bits per heavy atom. The number of methoxy groups -OCH3 is 1. The largest absolute Gasteiger partial charge is 0.496 e. The van der Waals surface area contributed by atoms with Crippen LogP contribution in [0.25, 0.3) is 0 Å². The van der Waals surface area contributed by atoms with Crippen molar-refractivity contribution in [3.8, 4) is 5.75 Å². The number of carboxylic acid groups (broad SMARTS) is 1. The average molecular weight is 223 g/mol. The summed E-state index contributed by atoms with van der Waals surface area (Å²) in [4.78, 5) is 11.1. The minimum atomic E-state index is -0.927. The Morgan fingerprint density at radius 1 is 1.50 bits per heavy atom. The summed E-state index contributed by atoms with van der Waals surface area (Å²) in [6, 6.07) is 3.66. The molecule has 4 heteroatoms. The number of hydrogen-bond acceptors (Lipinski definition) is 3. The van der Waals surface area contributed by atoms with Gasteiger partial charge in [-0.3, -0.25) is 4.79 Å². The molecule has 0 amide bonds. The van der Waals surface area contributed by atoms with Crippen molar-refractivity contribution in [3.63, 3.8) is 0 Å². The van der Waals surface area contributed by atoms with Crippen LogP contribution in [-0.4, -0.2) is 24.7 Å². The van der Waals surface area contributed by atoms with Crippen LogP contribution in [0.1, 0.15) is 22.6 Å². The van der Waals surface area contributed by atoms with Gasteiger partial charge in [0.15, 0.2) is 0 Å². The highest BCUT2D eigenvalue weighted by atomic mass is 16.5. The summed E-state index contributed by atoms with van der Waals surface area (Å²) in [7, 11) is 1.54. The van der Waals surface area contributed by atoms with Gasteiger partial charge in [0.25, 0.3) is 0 Å². The summed E-state index contributed by atoms with van der Waals surface area (Å²) < 4.78 is 5.27. The molecule has 4 nitrogen and oxygen atoms in total. The van der Waals surface area contributed by atoms with Gasteiger partial charge in [-0.1, -0.05) is 12.1 Å². The molecule has 1 atom stereocenters. The van der Waals surface area contributed by atoms with Crippen LogP contribution < -0.4 is 10.5 Å². The van der Waals surface area contributed by atoms with Gasteiger partial charge in [-0.15, -0.1) is 0 Å². The number of ether oxygens (including phenoxy) is 1. The van der Waals surface area contributed by atoms with Crippen LogP contribution in [0.4, 0.5) is 0 Å². The molecular formula is C12H17NO3. The first kappa shape index (κ1) is 12.5. The van der Waals surface area contributed by atoms with Crippen molar-refractivity contribution in [3.05, 3.63) is 28.8 Å². The van der Waals surface area contributed by atoms with Gasteiger partial charge in [0.1, 0.15) is 5.75 Å². The van der Waals surface area contributed by atoms with E-state index in [1.165, 1.54) is 0 Å². The molecule has 0 saturated heterocycles. The van der Waals surface area contributed by atoms with Crippen molar-refractivity contribution in [1.82, 2.24) is 0 Å². The Kier molecular flexibility index (Phi) is 3.90. The number of aryl methyl sites for hydroxylation is 1. The van der Waals surface area contributed by atoms with Gasteiger partial charge in [-0.05, 0) is 25.0 Å².